The highest BCUT2D eigenvalue weighted by molar-refractivity contribution is 5.99. The summed E-state index contributed by atoms with van der Waals surface area (Å²) in [5, 5.41) is 0. The van der Waals surface area contributed by atoms with Crippen LogP contribution in [0.1, 0.15) is 26.7 Å². The van der Waals surface area contributed by atoms with E-state index in [0.717, 1.165) is 11.4 Å². The van der Waals surface area contributed by atoms with E-state index in [1.54, 1.807) is 18.7 Å². The average molecular weight is 247 g/mol. The number of ketones is 1. The number of nitrogens with zero attached hydrogens (tertiary/aromatic N) is 1. The van der Waals surface area contributed by atoms with Crippen LogP contribution in [0.2, 0.25) is 0 Å². The quantitative estimate of drug-likeness (QED) is 0.819. The molecule has 0 radical (unpaired) electrons. The molecule has 0 N–H and O–H groups in total. The van der Waals surface area contributed by atoms with Gasteiger partial charge in [-0.1, -0.05) is 12.1 Å². The molecular weight excluding hydrogens is 230 g/mol. The molecule has 1 aromatic carbocycles. The molecule has 96 valence electrons. The minimum atomic E-state index is -0.461. The predicted octanol–water partition coefficient (Wildman–Crippen LogP) is 2.17. The number of rotatable bonds is 4. The molecule has 1 atom stereocenters. The number of carbonyl (C=O) groups is 2. The van der Waals surface area contributed by atoms with E-state index in [1.165, 1.54) is 0 Å². The van der Waals surface area contributed by atoms with E-state index in [-0.39, 0.29) is 11.7 Å². The van der Waals surface area contributed by atoms with Crippen LogP contribution in [-0.4, -0.2) is 24.3 Å². The summed E-state index contributed by atoms with van der Waals surface area (Å²) < 4.78 is 5.54. The first-order chi connectivity index (χ1) is 8.59. The van der Waals surface area contributed by atoms with Crippen LogP contribution in [0.5, 0.6) is 5.75 Å². The Morgan fingerprint density at radius 1 is 1.39 bits per heavy atom. The van der Waals surface area contributed by atoms with Gasteiger partial charge in [0, 0.05) is 13.0 Å². The monoisotopic (exact) mass is 247 g/mol. The number of hydrogen-bond donors (Lipinski definition) is 0. The Hall–Kier alpha value is -1.84. The molecule has 1 aromatic rings. The Labute approximate surface area is 107 Å². The van der Waals surface area contributed by atoms with E-state index in [0.29, 0.717) is 19.4 Å². The van der Waals surface area contributed by atoms with E-state index < -0.39 is 6.10 Å². The Balaban J connectivity index is 2.16. The smallest absolute Gasteiger partial charge is 0.267 e. The zero-order valence-electron chi connectivity index (χ0n) is 10.7. The van der Waals surface area contributed by atoms with Crippen LogP contribution in [0.15, 0.2) is 24.3 Å². The van der Waals surface area contributed by atoms with Crippen molar-refractivity contribution in [2.45, 2.75) is 32.8 Å². The van der Waals surface area contributed by atoms with E-state index >= 15 is 0 Å². The number of fused-ring (bicyclic) bond motifs is 1. The normalized spacial score (nSPS) is 18.2. The minimum absolute atomic E-state index is 0.0442. The molecule has 0 spiro atoms. The summed E-state index contributed by atoms with van der Waals surface area (Å²) in [7, 11) is 0. The summed E-state index contributed by atoms with van der Waals surface area (Å²) in [5.41, 5.74) is 0.796. The molecule has 1 unspecified atom stereocenters. The van der Waals surface area contributed by atoms with Gasteiger partial charge in [-0.15, -0.1) is 0 Å². The lowest BCUT2D eigenvalue weighted by Gasteiger charge is -2.32. The van der Waals surface area contributed by atoms with Crippen LogP contribution in [0, 0.1) is 0 Å². The maximum Gasteiger partial charge on any atom is 0.267 e. The largest absolute Gasteiger partial charge is 0.479 e. The standard InChI is InChI=1S/C14H17NO3/c1-10(16)6-5-9-15-12-7-3-4-8-13(12)18-11(2)14(15)17/h3-4,7-8,11H,5-6,9H2,1-2H3. The van der Waals surface area contributed by atoms with Crippen molar-refractivity contribution in [2.24, 2.45) is 0 Å². The second-order valence-electron chi connectivity index (χ2n) is 4.52. The van der Waals surface area contributed by atoms with Crippen LogP contribution in [0.25, 0.3) is 0 Å². The van der Waals surface area contributed by atoms with E-state index in [2.05, 4.69) is 0 Å². The molecule has 1 aliphatic rings. The van der Waals surface area contributed by atoms with Crippen molar-refractivity contribution >= 4 is 17.4 Å². The van der Waals surface area contributed by atoms with Crippen molar-refractivity contribution in [1.82, 2.24) is 0 Å². The number of hydrogen-bond acceptors (Lipinski definition) is 3. The van der Waals surface area contributed by atoms with Crippen LogP contribution >= 0.6 is 0 Å². The van der Waals surface area contributed by atoms with Crippen molar-refractivity contribution in [1.29, 1.82) is 0 Å². The fourth-order valence-corrected chi connectivity index (χ4v) is 2.08. The van der Waals surface area contributed by atoms with Crippen molar-refractivity contribution < 1.29 is 14.3 Å². The Morgan fingerprint density at radius 3 is 2.83 bits per heavy atom. The van der Waals surface area contributed by atoms with Gasteiger partial charge < -0.3 is 14.4 Å². The zero-order valence-corrected chi connectivity index (χ0v) is 10.7. The summed E-state index contributed by atoms with van der Waals surface area (Å²) in [6.45, 7) is 3.87. The number of para-hydroxylation sites is 2. The highest BCUT2D eigenvalue weighted by atomic mass is 16.5. The van der Waals surface area contributed by atoms with Crippen LogP contribution in [0.3, 0.4) is 0 Å². The number of anilines is 1. The first kappa shape index (κ1) is 12.6. The number of carbonyl (C=O) groups excluding carboxylic acids is 2. The predicted molar refractivity (Wildman–Crippen MR) is 68.8 cm³/mol. The summed E-state index contributed by atoms with van der Waals surface area (Å²) in [4.78, 5) is 24.7. The second-order valence-corrected chi connectivity index (χ2v) is 4.52. The fraction of sp³-hybridized carbons (Fsp3) is 0.429. The van der Waals surface area contributed by atoms with Crippen molar-refractivity contribution in [3.05, 3.63) is 24.3 Å². The van der Waals surface area contributed by atoms with Gasteiger partial charge in [-0.3, -0.25) is 4.79 Å². The minimum Gasteiger partial charge on any atom is -0.479 e. The van der Waals surface area contributed by atoms with Gasteiger partial charge in [0.1, 0.15) is 11.5 Å². The third-order valence-corrected chi connectivity index (χ3v) is 2.98. The van der Waals surface area contributed by atoms with Crippen molar-refractivity contribution in [3.63, 3.8) is 0 Å². The molecule has 1 amide bonds. The van der Waals surface area contributed by atoms with E-state index in [1.807, 2.05) is 24.3 Å². The first-order valence-corrected chi connectivity index (χ1v) is 6.16. The highest BCUT2D eigenvalue weighted by Crippen LogP contribution is 2.33. The van der Waals surface area contributed by atoms with Crippen LogP contribution in [-0.2, 0) is 9.59 Å². The number of ether oxygens (including phenoxy) is 1. The number of amides is 1. The van der Waals surface area contributed by atoms with E-state index in [4.69, 9.17) is 4.74 Å². The molecule has 4 nitrogen and oxygen atoms in total. The average Bonchev–Trinajstić information content (AvgIpc) is 2.33. The lowest BCUT2D eigenvalue weighted by atomic mass is 10.1. The van der Waals surface area contributed by atoms with Gasteiger partial charge in [0.2, 0.25) is 0 Å². The number of Topliss-reactive ketones (excluding diaryl/α,β-unsaturated/α-hetero) is 1. The Morgan fingerprint density at radius 2 is 2.11 bits per heavy atom. The Bertz CT molecular complexity index is 470. The van der Waals surface area contributed by atoms with Gasteiger partial charge in [0.25, 0.3) is 5.91 Å². The molecule has 2 rings (SSSR count). The highest BCUT2D eigenvalue weighted by Gasteiger charge is 2.30. The maximum absolute atomic E-state index is 12.1. The second kappa shape index (κ2) is 5.21. The summed E-state index contributed by atoms with van der Waals surface area (Å²) in [5.74, 6) is 0.835. The van der Waals surface area contributed by atoms with Crippen LogP contribution < -0.4 is 9.64 Å². The topological polar surface area (TPSA) is 46.6 Å². The van der Waals surface area contributed by atoms with Gasteiger partial charge in [0.05, 0.1) is 5.69 Å². The molecule has 18 heavy (non-hydrogen) atoms. The maximum atomic E-state index is 12.1. The zero-order chi connectivity index (χ0) is 13.1. The lowest BCUT2D eigenvalue weighted by molar-refractivity contribution is -0.125. The van der Waals surface area contributed by atoms with Gasteiger partial charge >= 0.3 is 0 Å². The van der Waals surface area contributed by atoms with Gasteiger partial charge in [-0.05, 0) is 32.4 Å². The lowest BCUT2D eigenvalue weighted by Crippen LogP contribution is -2.44. The first-order valence-electron chi connectivity index (χ1n) is 6.16. The van der Waals surface area contributed by atoms with Gasteiger partial charge in [-0.2, -0.15) is 0 Å². The SMILES string of the molecule is CC(=O)CCCN1C(=O)C(C)Oc2ccccc21. The fourth-order valence-electron chi connectivity index (χ4n) is 2.08. The molecule has 0 saturated carbocycles. The molecular formula is C14H17NO3. The summed E-state index contributed by atoms with van der Waals surface area (Å²) in [6.07, 6.45) is 0.723. The third-order valence-electron chi connectivity index (χ3n) is 2.98. The van der Waals surface area contributed by atoms with Crippen molar-refractivity contribution in [2.75, 3.05) is 11.4 Å². The molecule has 0 bridgehead atoms. The number of benzene rings is 1. The van der Waals surface area contributed by atoms with Gasteiger partial charge in [-0.25, -0.2) is 0 Å². The van der Waals surface area contributed by atoms with E-state index in [9.17, 15) is 9.59 Å². The summed E-state index contributed by atoms with van der Waals surface area (Å²) >= 11 is 0. The van der Waals surface area contributed by atoms with Crippen LogP contribution in [0.4, 0.5) is 5.69 Å². The molecule has 0 saturated heterocycles. The summed E-state index contributed by atoms with van der Waals surface area (Å²) in [6, 6.07) is 7.49. The van der Waals surface area contributed by atoms with Gasteiger partial charge in [0.15, 0.2) is 6.10 Å². The molecule has 4 heteroatoms. The molecule has 0 aromatic heterocycles. The molecule has 0 fully saturated rings. The molecule has 1 heterocycles. The van der Waals surface area contributed by atoms with Crippen molar-refractivity contribution in [3.8, 4) is 5.75 Å². The molecule has 0 aliphatic carbocycles. The molecule has 1 aliphatic heterocycles. The third kappa shape index (κ3) is 2.53. The Kier molecular flexibility index (Phi) is 3.65.